The van der Waals surface area contributed by atoms with E-state index in [1.807, 2.05) is 0 Å². The molecule has 0 atom stereocenters. The normalized spacial score (nSPS) is 10.6. The first-order chi connectivity index (χ1) is 11.5. The van der Waals surface area contributed by atoms with Gasteiger partial charge >= 0.3 is 0 Å². The van der Waals surface area contributed by atoms with Gasteiger partial charge in [-0.2, -0.15) is 5.10 Å². The summed E-state index contributed by atoms with van der Waals surface area (Å²) in [7, 11) is 0. The summed E-state index contributed by atoms with van der Waals surface area (Å²) in [6, 6.07) is 13.0. The number of hydrogen-bond acceptors (Lipinski definition) is 2. The number of aromatic nitrogens is 2. The van der Waals surface area contributed by atoms with Crippen molar-refractivity contribution in [2.75, 3.05) is 5.32 Å². The molecule has 0 fully saturated rings. The van der Waals surface area contributed by atoms with Gasteiger partial charge in [0.05, 0.1) is 21.6 Å². The van der Waals surface area contributed by atoms with E-state index in [0.29, 0.717) is 27.4 Å². The lowest BCUT2D eigenvalue weighted by Gasteiger charge is -2.05. The first-order valence-corrected chi connectivity index (χ1v) is 8.23. The lowest BCUT2D eigenvalue weighted by Crippen LogP contribution is -2.13. The minimum atomic E-state index is -0.340. The zero-order chi connectivity index (χ0) is 17.1. The molecule has 3 aromatic rings. The summed E-state index contributed by atoms with van der Waals surface area (Å²) in [6.45, 7) is 0.459. The van der Waals surface area contributed by atoms with Crippen LogP contribution < -0.4 is 5.32 Å². The predicted molar refractivity (Wildman–Crippen MR) is 94.8 cm³/mol. The Hall–Kier alpha value is -2.18. The molecule has 0 saturated heterocycles. The van der Waals surface area contributed by atoms with Gasteiger partial charge in [0.2, 0.25) is 0 Å². The summed E-state index contributed by atoms with van der Waals surface area (Å²) in [5, 5.41) is 7.42. The number of benzene rings is 2. The SMILES string of the molecule is O=C(Nc1nn(Cc2ccc(F)cc2)cc1Br)c1ccccc1Cl. The molecule has 0 unspecified atom stereocenters. The van der Waals surface area contributed by atoms with Crippen LogP contribution in [-0.4, -0.2) is 15.7 Å². The van der Waals surface area contributed by atoms with Crippen LogP contribution in [0.4, 0.5) is 10.2 Å². The first kappa shape index (κ1) is 16.7. The summed E-state index contributed by atoms with van der Waals surface area (Å²) < 4.78 is 15.2. The lowest BCUT2D eigenvalue weighted by atomic mass is 10.2. The van der Waals surface area contributed by atoms with E-state index in [9.17, 15) is 9.18 Å². The van der Waals surface area contributed by atoms with Crippen molar-refractivity contribution in [1.29, 1.82) is 0 Å². The quantitative estimate of drug-likeness (QED) is 0.678. The number of nitrogens with one attached hydrogen (secondary N) is 1. The van der Waals surface area contributed by atoms with Crippen molar-refractivity contribution in [3.05, 3.63) is 81.2 Å². The van der Waals surface area contributed by atoms with E-state index in [2.05, 4.69) is 26.3 Å². The number of rotatable bonds is 4. The maximum absolute atomic E-state index is 12.9. The minimum Gasteiger partial charge on any atom is -0.304 e. The van der Waals surface area contributed by atoms with Crippen molar-refractivity contribution in [2.24, 2.45) is 0 Å². The third kappa shape index (κ3) is 3.83. The van der Waals surface area contributed by atoms with E-state index in [-0.39, 0.29) is 11.7 Å². The highest BCUT2D eigenvalue weighted by Crippen LogP contribution is 2.23. The van der Waals surface area contributed by atoms with Crippen LogP contribution >= 0.6 is 27.5 Å². The van der Waals surface area contributed by atoms with Crippen molar-refractivity contribution < 1.29 is 9.18 Å². The molecular formula is C17H12BrClFN3O. The fourth-order valence-electron chi connectivity index (χ4n) is 2.16. The van der Waals surface area contributed by atoms with Gasteiger partial charge in [0.25, 0.3) is 5.91 Å². The van der Waals surface area contributed by atoms with Gasteiger partial charge in [-0.1, -0.05) is 35.9 Å². The number of halogens is 3. The molecular weight excluding hydrogens is 397 g/mol. The van der Waals surface area contributed by atoms with E-state index in [1.165, 1.54) is 12.1 Å². The molecule has 7 heteroatoms. The molecule has 0 saturated carbocycles. The van der Waals surface area contributed by atoms with Crippen LogP contribution in [0, 0.1) is 5.82 Å². The molecule has 0 aliphatic rings. The van der Waals surface area contributed by atoms with Crippen LogP contribution in [0.2, 0.25) is 5.02 Å². The van der Waals surface area contributed by atoms with Crippen molar-refractivity contribution >= 4 is 39.3 Å². The molecule has 1 aromatic heterocycles. The molecule has 4 nitrogen and oxygen atoms in total. The molecule has 1 heterocycles. The number of hydrogen-bond donors (Lipinski definition) is 1. The Morgan fingerprint density at radius 3 is 2.62 bits per heavy atom. The van der Waals surface area contributed by atoms with Crippen molar-refractivity contribution in [1.82, 2.24) is 9.78 Å². The molecule has 0 aliphatic carbocycles. The Morgan fingerprint density at radius 2 is 1.92 bits per heavy atom. The number of anilines is 1. The van der Waals surface area contributed by atoms with E-state index in [1.54, 1.807) is 47.3 Å². The zero-order valence-corrected chi connectivity index (χ0v) is 14.7. The Labute approximate surface area is 151 Å². The number of carbonyl (C=O) groups is 1. The van der Waals surface area contributed by atoms with Gasteiger partial charge in [0.1, 0.15) is 5.82 Å². The smallest absolute Gasteiger partial charge is 0.258 e. The average molecular weight is 409 g/mol. The topological polar surface area (TPSA) is 46.9 Å². The second-order valence-corrected chi connectivity index (χ2v) is 6.35. The van der Waals surface area contributed by atoms with Crippen LogP contribution in [0.3, 0.4) is 0 Å². The molecule has 24 heavy (non-hydrogen) atoms. The highest BCUT2D eigenvalue weighted by atomic mass is 79.9. The molecule has 1 N–H and O–H groups in total. The maximum atomic E-state index is 12.9. The van der Waals surface area contributed by atoms with Gasteiger partial charge in [-0.05, 0) is 45.8 Å². The van der Waals surface area contributed by atoms with Gasteiger partial charge in [0.15, 0.2) is 5.82 Å². The van der Waals surface area contributed by atoms with Gasteiger partial charge in [-0.15, -0.1) is 0 Å². The molecule has 0 radical (unpaired) electrons. The summed E-state index contributed by atoms with van der Waals surface area (Å²) in [5.74, 6) is -0.233. The van der Waals surface area contributed by atoms with Crippen LogP contribution in [-0.2, 0) is 6.54 Å². The molecule has 0 bridgehead atoms. The summed E-state index contributed by atoms with van der Waals surface area (Å²) >= 11 is 9.39. The van der Waals surface area contributed by atoms with Crippen molar-refractivity contribution in [3.63, 3.8) is 0 Å². The molecule has 3 rings (SSSR count). The second kappa shape index (κ2) is 7.15. The molecule has 0 spiro atoms. The largest absolute Gasteiger partial charge is 0.304 e. The van der Waals surface area contributed by atoms with E-state index < -0.39 is 0 Å². The van der Waals surface area contributed by atoms with E-state index in [4.69, 9.17) is 11.6 Å². The van der Waals surface area contributed by atoms with Crippen molar-refractivity contribution in [2.45, 2.75) is 6.54 Å². The summed E-state index contributed by atoms with van der Waals surface area (Å²) in [4.78, 5) is 12.3. The number of amides is 1. The van der Waals surface area contributed by atoms with E-state index in [0.717, 1.165) is 5.56 Å². The molecule has 122 valence electrons. The Bertz CT molecular complexity index is 880. The van der Waals surface area contributed by atoms with Gasteiger partial charge in [-0.25, -0.2) is 4.39 Å². The van der Waals surface area contributed by atoms with Crippen LogP contribution in [0.25, 0.3) is 0 Å². The Kier molecular flexibility index (Phi) is 4.97. The standard InChI is InChI=1S/C17H12BrClFN3O/c18-14-10-23(9-11-5-7-12(20)8-6-11)22-16(14)21-17(24)13-3-1-2-4-15(13)19/h1-8,10H,9H2,(H,21,22,24). The number of nitrogens with zero attached hydrogens (tertiary/aromatic N) is 2. The van der Waals surface area contributed by atoms with Crippen LogP contribution in [0.1, 0.15) is 15.9 Å². The monoisotopic (exact) mass is 407 g/mol. The average Bonchev–Trinajstić information content (AvgIpc) is 2.89. The van der Waals surface area contributed by atoms with Gasteiger partial charge in [-0.3, -0.25) is 9.48 Å². The molecule has 2 aromatic carbocycles. The van der Waals surface area contributed by atoms with E-state index >= 15 is 0 Å². The van der Waals surface area contributed by atoms with Crippen LogP contribution in [0.5, 0.6) is 0 Å². The molecule has 0 aliphatic heterocycles. The minimum absolute atomic E-state index is 0.284. The van der Waals surface area contributed by atoms with Gasteiger partial charge in [0, 0.05) is 6.20 Å². The Balaban J connectivity index is 1.75. The lowest BCUT2D eigenvalue weighted by molar-refractivity contribution is 0.102. The fraction of sp³-hybridized carbons (Fsp3) is 0.0588. The summed E-state index contributed by atoms with van der Waals surface area (Å²) in [5.41, 5.74) is 1.27. The van der Waals surface area contributed by atoms with Gasteiger partial charge < -0.3 is 5.32 Å². The first-order valence-electron chi connectivity index (χ1n) is 7.06. The second-order valence-electron chi connectivity index (χ2n) is 5.08. The Morgan fingerprint density at radius 1 is 1.21 bits per heavy atom. The zero-order valence-electron chi connectivity index (χ0n) is 12.3. The van der Waals surface area contributed by atoms with Crippen molar-refractivity contribution in [3.8, 4) is 0 Å². The third-order valence-electron chi connectivity index (χ3n) is 3.33. The highest BCUT2D eigenvalue weighted by Gasteiger charge is 2.14. The molecule has 1 amide bonds. The fourth-order valence-corrected chi connectivity index (χ4v) is 2.80. The van der Waals surface area contributed by atoms with Crippen LogP contribution in [0.15, 0.2) is 59.2 Å². The highest BCUT2D eigenvalue weighted by molar-refractivity contribution is 9.10. The predicted octanol–water partition coefficient (Wildman–Crippen LogP) is 4.74. The summed E-state index contributed by atoms with van der Waals surface area (Å²) in [6.07, 6.45) is 1.74. The maximum Gasteiger partial charge on any atom is 0.258 e. The number of carbonyl (C=O) groups excluding carboxylic acids is 1. The third-order valence-corrected chi connectivity index (χ3v) is 4.24.